The molecular formula is C18H24N2O4. The number of rotatable bonds is 3. The summed E-state index contributed by atoms with van der Waals surface area (Å²) in [5.74, 6) is 1.28. The molecule has 1 saturated heterocycles. The van der Waals surface area contributed by atoms with Gasteiger partial charge in [0.15, 0.2) is 0 Å². The minimum atomic E-state index is 0.0111. The fourth-order valence-electron chi connectivity index (χ4n) is 3.95. The maximum Gasteiger partial charge on any atom is 0.227 e. The third-order valence-corrected chi connectivity index (χ3v) is 5.28. The zero-order valence-electron chi connectivity index (χ0n) is 14.1. The molecule has 1 amide bonds. The Bertz CT molecular complexity index is 621. The van der Waals surface area contributed by atoms with Gasteiger partial charge in [-0.05, 0) is 24.5 Å². The third-order valence-electron chi connectivity index (χ3n) is 5.28. The minimum absolute atomic E-state index is 0.0111. The van der Waals surface area contributed by atoms with Gasteiger partial charge in [0.05, 0.1) is 24.9 Å². The number of amides is 1. The predicted molar refractivity (Wildman–Crippen MR) is 90.8 cm³/mol. The van der Waals surface area contributed by atoms with E-state index in [1.165, 1.54) is 0 Å². The maximum atomic E-state index is 13.0. The monoisotopic (exact) mass is 332 g/mol. The van der Waals surface area contributed by atoms with Crippen molar-refractivity contribution in [1.29, 1.82) is 0 Å². The van der Waals surface area contributed by atoms with Crippen molar-refractivity contribution in [2.75, 3.05) is 56.4 Å². The van der Waals surface area contributed by atoms with Crippen molar-refractivity contribution in [2.24, 2.45) is 5.92 Å². The second-order valence-electron chi connectivity index (χ2n) is 6.61. The van der Waals surface area contributed by atoms with Crippen LogP contribution in [0.25, 0.3) is 0 Å². The lowest BCUT2D eigenvalue weighted by atomic mass is 9.92. The van der Waals surface area contributed by atoms with Crippen LogP contribution in [0.3, 0.4) is 0 Å². The first-order valence-electron chi connectivity index (χ1n) is 8.69. The summed E-state index contributed by atoms with van der Waals surface area (Å²) >= 11 is 0. The molecule has 24 heavy (non-hydrogen) atoms. The molecule has 1 aromatic rings. The van der Waals surface area contributed by atoms with Gasteiger partial charge in [0, 0.05) is 33.2 Å². The van der Waals surface area contributed by atoms with Crippen LogP contribution in [-0.4, -0.2) is 58.6 Å². The van der Waals surface area contributed by atoms with Gasteiger partial charge in [-0.25, -0.2) is 0 Å². The smallest absolute Gasteiger partial charge is 0.227 e. The van der Waals surface area contributed by atoms with Crippen LogP contribution < -0.4 is 14.5 Å². The number of methoxy groups -OCH3 is 1. The molecule has 0 bridgehead atoms. The van der Waals surface area contributed by atoms with Crippen LogP contribution in [-0.2, 0) is 14.3 Å². The van der Waals surface area contributed by atoms with E-state index >= 15 is 0 Å². The number of hydrogen-bond donors (Lipinski definition) is 0. The van der Waals surface area contributed by atoms with Gasteiger partial charge in [-0.15, -0.1) is 0 Å². The largest absolute Gasteiger partial charge is 0.489 e. The van der Waals surface area contributed by atoms with Crippen LogP contribution in [0.1, 0.15) is 12.8 Å². The molecule has 2 unspecified atom stereocenters. The van der Waals surface area contributed by atoms with Gasteiger partial charge in [0.2, 0.25) is 5.91 Å². The van der Waals surface area contributed by atoms with Crippen LogP contribution >= 0.6 is 0 Å². The van der Waals surface area contributed by atoms with Crippen LogP contribution in [0.4, 0.5) is 11.4 Å². The minimum Gasteiger partial charge on any atom is -0.489 e. The number of carbonyl (C=O) groups excluding carboxylic acids is 1. The summed E-state index contributed by atoms with van der Waals surface area (Å²) in [6.45, 7) is 4.48. The third kappa shape index (κ3) is 2.74. The summed E-state index contributed by atoms with van der Waals surface area (Å²) in [5, 5.41) is 0. The maximum absolute atomic E-state index is 13.0. The van der Waals surface area contributed by atoms with Crippen LogP contribution in [0.5, 0.6) is 5.75 Å². The Hall–Kier alpha value is -1.79. The van der Waals surface area contributed by atoms with Crippen molar-refractivity contribution in [3.63, 3.8) is 0 Å². The fourth-order valence-corrected chi connectivity index (χ4v) is 3.95. The van der Waals surface area contributed by atoms with Crippen molar-refractivity contribution in [1.82, 2.24) is 0 Å². The quantitative estimate of drug-likeness (QED) is 0.843. The van der Waals surface area contributed by atoms with Crippen LogP contribution in [0.15, 0.2) is 18.2 Å². The highest BCUT2D eigenvalue weighted by Gasteiger charge is 2.34. The SMILES string of the molecule is COC1COCCC1CC(=O)N1CCN2CCOc3cccc1c32. The Labute approximate surface area is 142 Å². The van der Waals surface area contributed by atoms with Crippen molar-refractivity contribution in [3.05, 3.63) is 18.2 Å². The molecule has 1 fully saturated rings. The Balaban J connectivity index is 1.55. The van der Waals surface area contributed by atoms with Gasteiger partial charge >= 0.3 is 0 Å². The van der Waals surface area contributed by atoms with Crippen molar-refractivity contribution < 1.29 is 19.0 Å². The summed E-state index contributed by atoms with van der Waals surface area (Å²) in [7, 11) is 1.69. The Kier molecular flexibility index (Phi) is 4.33. The molecule has 1 aromatic carbocycles. The van der Waals surface area contributed by atoms with Crippen molar-refractivity contribution in [2.45, 2.75) is 18.9 Å². The molecule has 0 spiro atoms. The summed E-state index contributed by atoms with van der Waals surface area (Å²) in [6, 6.07) is 5.98. The lowest BCUT2D eigenvalue weighted by Gasteiger charge is -2.41. The fraction of sp³-hybridized carbons (Fsp3) is 0.611. The normalized spacial score (nSPS) is 25.9. The molecule has 4 rings (SSSR count). The van der Waals surface area contributed by atoms with E-state index in [0.29, 0.717) is 26.2 Å². The number of hydrogen-bond acceptors (Lipinski definition) is 5. The van der Waals surface area contributed by atoms with E-state index in [-0.39, 0.29) is 17.9 Å². The first kappa shape index (κ1) is 15.7. The summed E-state index contributed by atoms with van der Waals surface area (Å²) in [6.07, 6.45) is 1.39. The molecule has 130 valence electrons. The summed E-state index contributed by atoms with van der Waals surface area (Å²) in [4.78, 5) is 17.2. The summed E-state index contributed by atoms with van der Waals surface area (Å²) < 4.78 is 16.7. The molecule has 6 nitrogen and oxygen atoms in total. The zero-order valence-corrected chi connectivity index (χ0v) is 14.1. The van der Waals surface area contributed by atoms with Crippen molar-refractivity contribution in [3.8, 4) is 5.75 Å². The first-order chi connectivity index (χ1) is 11.8. The lowest BCUT2D eigenvalue weighted by molar-refractivity contribution is -0.123. The van der Waals surface area contributed by atoms with Crippen LogP contribution in [0.2, 0.25) is 0 Å². The predicted octanol–water partition coefficient (Wildman–Crippen LogP) is 1.67. The number of nitrogens with zero attached hydrogens (tertiary/aromatic N) is 2. The number of para-hydroxylation sites is 1. The van der Waals surface area contributed by atoms with Crippen LogP contribution in [0, 0.1) is 5.92 Å². The van der Waals surface area contributed by atoms with E-state index in [0.717, 1.165) is 43.2 Å². The molecule has 0 N–H and O–H groups in total. The van der Waals surface area contributed by atoms with Gasteiger partial charge in [0.1, 0.15) is 18.0 Å². The molecular weight excluding hydrogens is 308 g/mol. The topological polar surface area (TPSA) is 51.2 Å². The highest BCUT2D eigenvalue weighted by Crippen LogP contribution is 2.43. The number of carbonyl (C=O) groups is 1. The second kappa shape index (κ2) is 6.61. The van der Waals surface area contributed by atoms with Gasteiger partial charge in [-0.3, -0.25) is 4.79 Å². The van der Waals surface area contributed by atoms with E-state index in [4.69, 9.17) is 14.2 Å². The summed E-state index contributed by atoms with van der Waals surface area (Å²) in [5.41, 5.74) is 2.04. The number of ether oxygens (including phenoxy) is 3. The molecule has 0 aromatic heterocycles. The van der Waals surface area contributed by atoms with Gasteiger partial charge < -0.3 is 24.0 Å². The van der Waals surface area contributed by atoms with Crippen molar-refractivity contribution >= 4 is 17.3 Å². The zero-order chi connectivity index (χ0) is 16.5. The molecule has 0 radical (unpaired) electrons. The Morgan fingerprint density at radius 2 is 2.21 bits per heavy atom. The molecule has 2 atom stereocenters. The molecule has 3 aliphatic heterocycles. The van der Waals surface area contributed by atoms with E-state index in [1.54, 1.807) is 7.11 Å². The molecule has 3 heterocycles. The average molecular weight is 332 g/mol. The molecule has 0 aliphatic carbocycles. The second-order valence-corrected chi connectivity index (χ2v) is 6.61. The lowest BCUT2D eigenvalue weighted by Crippen LogP contribution is -2.48. The number of benzene rings is 1. The van der Waals surface area contributed by atoms with Gasteiger partial charge in [-0.2, -0.15) is 0 Å². The Morgan fingerprint density at radius 1 is 1.29 bits per heavy atom. The highest BCUT2D eigenvalue weighted by molar-refractivity contribution is 5.99. The van der Waals surface area contributed by atoms with Gasteiger partial charge in [0.25, 0.3) is 0 Å². The standard InChI is InChI=1S/C18H24N2O4/c1-22-16-12-23-9-5-13(16)11-17(21)20-7-6-19-8-10-24-15-4-2-3-14(20)18(15)19/h2-4,13,16H,5-12H2,1H3. The van der Waals surface area contributed by atoms with E-state index in [9.17, 15) is 4.79 Å². The average Bonchev–Trinajstić information content (AvgIpc) is 2.63. The first-order valence-corrected chi connectivity index (χ1v) is 8.69. The highest BCUT2D eigenvalue weighted by atomic mass is 16.5. The van der Waals surface area contributed by atoms with E-state index in [1.807, 2.05) is 23.1 Å². The van der Waals surface area contributed by atoms with Gasteiger partial charge in [-0.1, -0.05) is 6.07 Å². The molecule has 0 saturated carbocycles. The molecule has 6 heteroatoms. The van der Waals surface area contributed by atoms with E-state index in [2.05, 4.69) is 4.90 Å². The van der Waals surface area contributed by atoms with E-state index < -0.39 is 0 Å². The molecule has 3 aliphatic rings. The number of anilines is 2. The Morgan fingerprint density at radius 3 is 3.08 bits per heavy atom.